The smallest absolute Gasteiger partial charge is 0.163 e. The number of nitrogens with zero attached hydrogens (tertiary/aromatic N) is 5. The van der Waals surface area contributed by atoms with Crippen LogP contribution in [0.5, 0.6) is 0 Å². The zero-order valence-electron chi connectivity index (χ0n) is 23.0. The lowest BCUT2D eigenvalue weighted by molar-refractivity contribution is 1.15. The maximum atomic E-state index is 4.75. The van der Waals surface area contributed by atoms with Crippen molar-refractivity contribution >= 4 is 71.1 Å². The molecule has 10 rings (SSSR count). The van der Waals surface area contributed by atoms with Crippen molar-refractivity contribution in [2.45, 2.75) is 0 Å². The molecule has 0 spiro atoms. The van der Waals surface area contributed by atoms with Gasteiger partial charge in [0.05, 0.1) is 27.6 Å². The molecule has 0 aliphatic carbocycles. The topological polar surface area (TPSA) is 40.0 Å². The van der Waals surface area contributed by atoms with Crippen molar-refractivity contribution in [3.63, 3.8) is 0 Å². The summed E-state index contributed by atoms with van der Waals surface area (Å²) in [5.74, 6) is 0. The molecular formula is C38H23N5. The molecular weight excluding hydrogens is 526 g/mol. The number of imidazole rings is 1. The predicted molar refractivity (Wildman–Crippen MR) is 177 cm³/mol. The minimum atomic E-state index is 0.876. The van der Waals surface area contributed by atoms with Crippen molar-refractivity contribution in [3.8, 4) is 11.4 Å². The van der Waals surface area contributed by atoms with E-state index in [1.165, 1.54) is 38.1 Å². The summed E-state index contributed by atoms with van der Waals surface area (Å²) in [6.07, 6.45) is 5.75. The highest BCUT2D eigenvalue weighted by molar-refractivity contribution is 6.26. The molecule has 5 nitrogen and oxygen atoms in total. The third kappa shape index (κ3) is 2.95. The highest BCUT2D eigenvalue weighted by Gasteiger charge is 2.22. The molecule has 5 heterocycles. The summed E-state index contributed by atoms with van der Waals surface area (Å²) < 4.78 is 7.05. The molecule has 0 fully saturated rings. The van der Waals surface area contributed by atoms with Gasteiger partial charge in [-0.05, 0) is 48.5 Å². The monoisotopic (exact) mass is 549 g/mol. The SMILES string of the molecule is c1ccc(-n2c3ccccc3c3ccc4c5cc6c(cc5n(-c5ccccc5)c4c32)c2cccnc2c2nccn62)cc1. The molecule has 5 aromatic heterocycles. The largest absolute Gasteiger partial charge is 0.307 e. The number of pyridine rings is 2. The zero-order valence-corrected chi connectivity index (χ0v) is 23.0. The Kier molecular flexibility index (Phi) is 4.39. The maximum absolute atomic E-state index is 4.75. The van der Waals surface area contributed by atoms with E-state index in [1.807, 2.05) is 24.7 Å². The van der Waals surface area contributed by atoms with Gasteiger partial charge in [-0.1, -0.05) is 72.8 Å². The van der Waals surface area contributed by atoms with Crippen LogP contribution < -0.4 is 0 Å². The van der Waals surface area contributed by atoms with E-state index in [2.05, 4.69) is 129 Å². The van der Waals surface area contributed by atoms with Crippen LogP contribution >= 0.6 is 0 Å². The van der Waals surface area contributed by atoms with E-state index in [4.69, 9.17) is 9.97 Å². The second-order valence-corrected chi connectivity index (χ2v) is 11.1. The Hall–Kier alpha value is -5.94. The molecule has 5 heteroatoms. The third-order valence-corrected chi connectivity index (χ3v) is 8.92. The fourth-order valence-corrected chi connectivity index (χ4v) is 7.16. The lowest BCUT2D eigenvalue weighted by Gasteiger charge is -2.13. The molecule has 10 aromatic rings. The molecule has 0 saturated heterocycles. The molecule has 0 amide bonds. The van der Waals surface area contributed by atoms with Crippen LogP contribution in [0.15, 0.2) is 140 Å². The van der Waals surface area contributed by atoms with Gasteiger partial charge in [-0.3, -0.25) is 9.38 Å². The molecule has 0 saturated carbocycles. The van der Waals surface area contributed by atoms with Gasteiger partial charge in [-0.15, -0.1) is 0 Å². The van der Waals surface area contributed by atoms with E-state index in [0.29, 0.717) is 0 Å². The van der Waals surface area contributed by atoms with Crippen molar-refractivity contribution in [2.24, 2.45) is 0 Å². The van der Waals surface area contributed by atoms with E-state index in [-0.39, 0.29) is 0 Å². The minimum Gasteiger partial charge on any atom is -0.307 e. The molecule has 0 aliphatic heterocycles. The number of aromatic nitrogens is 5. The Bertz CT molecular complexity index is 2710. The Morgan fingerprint density at radius 3 is 1.79 bits per heavy atom. The van der Waals surface area contributed by atoms with Crippen molar-refractivity contribution in [2.75, 3.05) is 0 Å². The zero-order chi connectivity index (χ0) is 28.1. The molecule has 0 atom stereocenters. The summed E-state index contributed by atoms with van der Waals surface area (Å²) in [6, 6.07) is 43.6. The van der Waals surface area contributed by atoms with Crippen LogP contribution in [-0.2, 0) is 0 Å². The lowest BCUT2D eigenvalue weighted by Crippen LogP contribution is -1.98. The van der Waals surface area contributed by atoms with Gasteiger partial charge in [-0.2, -0.15) is 0 Å². The highest BCUT2D eigenvalue weighted by Crippen LogP contribution is 2.43. The normalized spacial score (nSPS) is 12.2. The Balaban J connectivity index is 1.50. The van der Waals surface area contributed by atoms with Crippen molar-refractivity contribution < 1.29 is 0 Å². The number of benzene rings is 5. The van der Waals surface area contributed by atoms with Crippen LogP contribution in [0.25, 0.3) is 82.4 Å². The van der Waals surface area contributed by atoms with Crippen LogP contribution in [0, 0.1) is 0 Å². The molecule has 5 aromatic carbocycles. The van der Waals surface area contributed by atoms with Crippen molar-refractivity contribution in [3.05, 3.63) is 140 Å². The summed E-state index contributed by atoms with van der Waals surface area (Å²) in [5.41, 5.74) is 9.94. The van der Waals surface area contributed by atoms with E-state index >= 15 is 0 Å². The van der Waals surface area contributed by atoms with Crippen LogP contribution in [-0.4, -0.2) is 23.5 Å². The first-order valence-corrected chi connectivity index (χ1v) is 14.5. The van der Waals surface area contributed by atoms with E-state index in [9.17, 15) is 0 Å². The first-order valence-electron chi connectivity index (χ1n) is 14.5. The fraction of sp³-hybridized carbons (Fsp3) is 0. The predicted octanol–water partition coefficient (Wildman–Crippen LogP) is 9.23. The fourth-order valence-electron chi connectivity index (χ4n) is 7.16. The van der Waals surface area contributed by atoms with E-state index in [1.54, 1.807) is 0 Å². The molecule has 0 unspecified atom stereocenters. The Morgan fingerprint density at radius 1 is 0.419 bits per heavy atom. The number of hydrogen-bond acceptors (Lipinski definition) is 2. The summed E-state index contributed by atoms with van der Waals surface area (Å²) >= 11 is 0. The van der Waals surface area contributed by atoms with Crippen molar-refractivity contribution in [1.29, 1.82) is 0 Å². The molecule has 0 bridgehead atoms. The summed E-state index contributed by atoms with van der Waals surface area (Å²) in [4.78, 5) is 9.45. The van der Waals surface area contributed by atoms with Crippen LogP contribution in [0.2, 0.25) is 0 Å². The summed E-state index contributed by atoms with van der Waals surface area (Å²) in [6.45, 7) is 0. The second kappa shape index (κ2) is 8.30. The van der Waals surface area contributed by atoms with Crippen LogP contribution in [0.1, 0.15) is 0 Å². The van der Waals surface area contributed by atoms with Gasteiger partial charge in [0.15, 0.2) is 5.65 Å². The third-order valence-electron chi connectivity index (χ3n) is 8.92. The Morgan fingerprint density at radius 2 is 1.02 bits per heavy atom. The summed E-state index contributed by atoms with van der Waals surface area (Å²) in [7, 11) is 0. The van der Waals surface area contributed by atoms with Gasteiger partial charge in [0.2, 0.25) is 0 Å². The molecule has 0 radical (unpaired) electrons. The number of rotatable bonds is 2. The van der Waals surface area contributed by atoms with Gasteiger partial charge in [0.25, 0.3) is 0 Å². The van der Waals surface area contributed by atoms with Gasteiger partial charge in [0.1, 0.15) is 5.52 Å². The first kappa shape index (κ1) is 22.7. The van der Waals surface area contributed by atoms with E-state index < -0.39 is 0 Å². The maximum Gasteiger partial charge on any atom is 0.163 e. The first-order chi connectivity index (χ1) is 21.4. The molecule has 43 heavy (non-hydrogen) atoms. The van der Waals surface area contributed by atoms with Crippen molar-refractivity contribution in [1.82, 2.24) is 23.5 Å². The minimum absolute atomic E-state index is 0.876. The molecule has 0 N–H and O–H groups in total. The van der Waals surface area contributed by atoms with Gasteiger partial charge in [0, 0.05) is 62.3 Å². The van der Waals surface area contributed by atoms with Gasteiger partial charge < -0.3 is 9.13 Å². The Labute approximate surface area is 245 Å². The lowest BCUT2D eigenvalue weighted by atomic mass is 10.0. The number of hydrogen-bond donors (Lipinski definition) is 0. The summed E-state index contributed by atoms with van der Waals surface area (Å²) in [5, 5.41) is 7.16. The van der Waals surface area contributed by atoms with Gasteiger partial charge in [-0.25, -0.2) is 4.98 Å². The average Bonchev–Trinajstić information content (AvgIpc) is 3.78. The standard InChI is InChI=1S/C38H23N5/c1-3-10-24(11-4-1)42-32-16-8-7-14-26(32)28-17-18-29-31-22-33-30(27-15-9-19-39-35(27)38-40-20-21-41(33)38)23-34(31)43(37(29)36(28)42)25-12-5-2-6-13-25/h1-23H. The molecule has 200 valence electrons. The molecule has 0 aliphatic rings. The van der Waals surface area contributed by atoms with Crippen LogP contribution in [0.4, 0.5) is 0 Å². The average molecular weight is 550 g/mol. The quantitative estimate of drug-likeness (QED) is 0.202. The van der Waals surface area contributed by atoms with E-state index in [0.717, 1.165) is 44.3 Å². The second-order valence-electron chi connectivity index (χ2n) is 11.1. The number of para-hydroxylation sites is 3. The number of fused-ring (bicyclic) bond motifs is 13. The highest BCUT2D eigenvalue weighted by atomic mass is 15.0. The van der Waals surface area contributed by atoms with Crippen LogP contribution in [0.3, 0.4) is 0 Å². The van der Waals surface area contributed by atoms with Gasteiger partial charge >= 0.3 is 0 Å².